The molecule has 1 aliphatic heterocycles. The van der Waals surface area contributed by atoms with Crippen LogP contribution in [-0.2, 0) is 4.79 Å². The molecular weight excluding hydrogens is 288 g/mol. The van der Waals surface area contributed by atoms with Crippen molar-refractivity contribution >= 4 is 5.91 Å². The highest BCUT2D eigenvalue weighted by atomic mass is 16.2. The number of nitrogens with two attached hydrogens (primary N) is 1. The second kappa shape index (κ2) is 6.27. The molecule has 3 aliphatic rings. The molecule has 5 heteroatoms. The van der Waals surface area contributed by atoms with Crippen LogP contribution in [0.15, 0.2) is 12.4 Å². The molecule has 4 rings (SSSR count). The molecule has 1 amide bonds. The predicted molar refractivity (Wildman–Crippen MR) is 88.7 cm³/mol. The minimum Gasteiger partial charge on any atom is -0.342 e. The largest absolute Gasteiger partial charge is 0.342 e. The summed E-state index contributed by atoms with van der Waals surface area (Å²) in [6, 6.07) is 0.347. The van der Waals surface area contributed by atoms with Crippen LogP contribution in [-0.4, -0.2) is 40.1 Å². The summed E-state index contributed by atoms with van der Waals surface area (Å²) in [7, 11) is 0. The summed E-state index contributed by atoms with van der Waals surface area (Å²) >= 11 is 0. The van der Waals surface area contributed by atoms with Crippen molar-refractivity contribution in [2.45, 2.75) is 56.9 Å². The number of carbonyl (C=O) groups is 1. The van der Waals surface area contributed by atoms with Gasteiger partial charge >= 0.3 is 0 Å². The second-order valence-electron chi connectivity index (χ2n) is 7.83. The van der Waals surface area contributed by atoms with Crippen molar-refractivity contribution in [3.05, 3.63) is 18.0 Å². The molecule has 3 N–H and O–H groups in total. The minimum absolute atomic E-state index is 0.232. The van der Waals surface area contributed by atoms with Gasteiger partial charge in [-0.25, -0.2) is 0 Å². The fourth-order valence-corrected chi connectivity index (χ4v) is 5.17. The van der Waals surface area contributed by atoms with Crippen LogP contribution in [0.1, 0.15) is 56.4 Å². The van der Waals surface area contributed by atoms with Crippen molar-refractivity contribution in [2.24, 2.45) is 23.5 Å². The van der Waals surface area contributed by atoms with Gasteiger partial charge in [0.2, 0.25) is 5.91 Å². The highest BCUT2D eigenvalue weighted by Gasteiger charge is 2.42. The van der Waals surface area contributed by atoms with E-state index in [1.165, 1.54) is 24.8 Å². The van der Waals surface area contributed by atoms with E-state index in [9.17, 15) is 4.79 Å². The first-order valence-electron chi connectivity index (χ1n) is 9.25. The number of hydrogen-bond acceptors (Lipinski definition) is 3. The third-order valence-corrected chi connectivity index (χ3v) is 6.56. The molecule has 2 aliphatic carbocycles. The Morgan fingerprint density at radius 2 is 1.87 bits per heavy atom. The average molecular weight is 316 g/mol. The van der Waals surface area contributed by atoms with Crippen LogP contribution >= 0.6 is 0 Å². The molecule has 3 fully saturated rings. The Kier molecular flexibility index (Phi) is 4.14. The molecule has 1 aromatic heterocycles. The van der Waals surface area contributed by atoms with Crippen LogP contribution in [0.4, 0.5) is 0 Å². The van der Waals surface area contributed by atoms with Crippen molar-refractivity contribution in [1.29, 1.82) is 0 Å². The topological polar surface area (TPSA) is 75.0 Å². The summed E-state index contributed by atoms with van der Waals surface area (Å²) in [5.74, 6) is 2.35. The van der Waals surface area contributed by atoms with Gasteiger partial charge in [-0.15, -0.1) is 0 Å². The van der Waals surface area contributed by atoms with Crippen LogP contribution in [0.2, 0.25) is 0 Å². The SMILES string of the molecule is NC1C2CCCC1CC(C(=O)N1CCC(c3cn[nH]c3)CC1)C2. The number of piperidine rings is 1. The number of aromatic amines is 1. The number of aromatic nitrogens is 2. The Morgan fingerprint density at radius 1 is 1.17 bits per heavy atom. The minimum atomic E-state index is 0.232. The molecule has 2 atom stereocenters. The molecule has 0 spiro atoms. The molecule has 0 radical (unpaired) electrons. The standard InChI is InChI=1S/C18H28N4O/c19-17-13-2-1-3-14(17)9-15(8-13)18(23)22-6-4-12(5-7-22)16-10-20-21-11-16/h10-15,17H,1-9,19H2,(H,20,21). The number of fused-ring (bicyclic) bond motifs is 2. The van der Waals surface area contributed by atoms with E-state index >= 15 is 0 Å². The van der Waals surface area contributed by atoms with Crippen LogP contribution in [0, 0.1) is 17.8 Å². The maximum absolute atomic E-state index is 13.0. The zero-order valence-corrected chi connectivity index (χ0v) is 13.8. The van der Waals surface area contributed by atoms with Gasteiger partial charge in [-0.3, -0.25) is 9.89 Å². The lowest BCUT2D eigenvalue weighted by atomic mass is 9.65. The summed E-state index contributed by atoms with van der Waals surface area (Å²) in [6.45, 7) is 1.79. The quantitative estimate of drug-likeness (QED) is 0.879. The molecule has 2 bridgehead atoms. The van der Waals surface area contributed by atoms with Gasteiger partial charge in [-0.05, 0) is 61.8 Å². The normalized spacial score (nSPS) is 35.3. The van der Waals surface area contributed by atoms with Gasteiger partial charge in [0.25, 0.3) is 0 Å². The van der Waals surface area contributed by atoms with Gasteiger partial charge in [0, 0.05) is 31.2 Å². The first-order valence-corrected chi connectivity index (χ1v) is 9.25. The molecule has 2 saturated carbocycles. The fraction of sp³-hybridized carbons (Fsp3) is 0.778. The van der Waals surface area contributed by atoms with Crippen molar-refractivity contribution in [1.82, 2.24) is 15.1 Å². The number of amides is 1. The van der Waals surface area contributed by atoms with Crippen molar-refractivity contribution in [2.75, 3.05) is 13.1 Å². The van der Waals surface area contributed by atoms with Crippen molar-refractivity contribution in [3.63, 3.8) is 0 Å². The molecule has 2 unspecified atom stereocenters. The third-order valence-electron chi connectivity index (χ3n) is 6.56. The lowest BCUT2D eigenvalue weighted by molar-refractivity contribution is -0.139. The summed E-state index contributed by atoms with van der Waals surface area (Å²) in [6.07, 6.45) is 11.8. The van der Waals surface area contributed by atoms with E-state index in [0.717, 1.165) is 38.8 Å². The molecule has 1 saturated heterocycles. The van der Waals surface area contributed by atoms with Gasteiger partial charge in [0.15, 0.2) is 0 Å². The predicted octanol–water partition coefficient (Wildman–Crippen LogP) is 2.27. The van der Waals surface area contributed by atoms with E-state index in [0.29, 0.717) is 29.7 Å². The van der Waals surface area contributed by atoms with Crippen molar-refractivity contribution < 1.29 is 4.79 Å². The van der Waals surface area contributed by atoms with E-state index in [1.54, 1.807) is 0 Å². The summed E-state index contributed by atoms with van der Waals surface area (Å²) in [5.41, 5.74) is 7.65. The van der Waals surface area contributed by atoms with E-state index in [2.05, 4.69) is 15.1 Å². The first-order chi connectivity index (χ1) is 11.2. The molecule has 0 aromatic carbocycles. The number of carbonyl (C=O) groups excluding carboxylic acids is 1. The number of nitrogens with one attached hydrogen (secondary N) is 1. The van der Waals surface area contributed by atoms with Crippen molar-refractivity contribution in [3.8, 4) is 0 Å². The molecule has 126 valence electrons. The average Bonchev–Trinajstić information content (AvgIpc) is 3.08. The third kappa shape index (κ3) is 2.91. The zero-order chi connectivity index (χ0) is 15.8. The first kappa shape index (κ1) is 15.2. The van der Waals surface area contributed by atoms with E-state index in [-0.39, 0.29) is 5.92 Å². The Hall–Kier alpha value is -1.36. The Bertz CT molecular complexity index is 521. The van der Waals surface area contributed by atoms with E-state index in [1.807, 2.05) is 12.4 Å². The second-order valence-corrected chi connectivity index (χ2v) is 7.83. The Labute approximate surface area is 138 Å². The summed E-state index contributed by atoms with van der Waals surface area (Å²) < 4.78 is 0. The van der Waals surface area contributed by atoms with E-state index < -0.39 is 0 Å². The highest BCUT2D eigenvalue weighted by molar-refractivity contribution is 5.79. The monoisotopic (exact) mass is 316 g/mol. The molecule has 2 heterocycles. The maximum atomic E-state index is 13.0. The highest BCUT2D eigenvalue weighted by Crippen LogP contribution is 2.42. The maximum Gasteiger partial charge on any atom is 0.225 e. The number of hydrogen-bond donors (Lipinski definition) is 2. The summed E-state index contributed by atoms with van der Waals surface area (Å²) in [5, 5.41) is 6.94. The van der Waals surface area contributed by atoms with Crippen LogP contribution < -0.4 is 5.73 Å². The lowest BCUT2D eigenvalue weighted by Crippen LogP contribution is -2.50. The molecule has 5 nitrogen and oxygen atoms in total. The zero-order valence-electron chi connectivity index (χ0n) is 13.8. The van der Waals surface area contributed by atoms with Gasteiger partial charge < -0.3 is 10.6 Å². The molecular formula is C18H28N4O. The Morgan fingerprint density at radius 3 is 2.48 bits per heavy atom. The van der Waals surface area contributed by atoms with E-state index in [4.69, 9.17) is 5.73 Å². The van der Waals surface area contributed by atoms with Gasteiger partial charge in [-0.1, -0.05) is 6.42 Å². The number of likely N-dealkylation sites (tertiary alicyclic amines) is 1. The van der Waals surface area contributed by atoms with Crippen LogP contribution in [0.25, 0.3) is 0 Å². The smallest absolute Gasteiger partial charge is 0.225 e. The summed E-state index contributed by atoms with van der Waals surface area (Å²) in [4.78, 5) is 15.1. The van der Waals surface area contributed by atoms with Gasteiger partial charge in [0.05, 0.1) is 6.20 Å². The van der Waals surface area contributed by atoms with Gasteiger partial charge in [-0.2, -0.15) is 5.10 Å². The number of H-pyrrole nitrogens is 1. The van der Waals surface area contributed by atoms with Gasteiger partial charge in [0.1, 0.15) is 0 Å². The number of rotatable bonds is 2. The Balaban J connectivity index is 1.35. The lowest BCUT2D eigenvalue weighted by Gasteiger charge is -2.45. The van der Waals surface area contributed by atoms with Crippen LogP contribution in [0.3, 0.4) is 0 Å². The van der Waals surface area contributed by atoms with Crippen LogP contribution in [0.5, 0.6) is 0 Å². The number of nitrogens with zero attached hydrogens (tertiary/aromatic N) is 2. The molecule has 1 aromatic rings. The molecule has 23 heavy (non-hydrogen) atoms. The fourth-order valence-electron chi connectivity index (χ4n) is 5.17.